The van der Waals surface area contributed by atoms with Crippen LogP contribution in [0.4, 0.5) is 24.5 Å². The number of nitrogens with one attached hydrogen (secondary N) is 2. The summed E-state index contributed by atoms with van der Waals surface area (Å²) < 4.78 is 82.4. The van der Waals surface area contributed by atoms with E-state index in [4.69, 9.17) is 0 Å². The standard InChI is InChI=1S/C21H28F3N4O6PS/c1-11(21(22,23)24)8-9-28-17(20(2,3)4)16(29)15(19(28)30)18-25-13-7-6-12(27-36(5,33)34)10-14(13)35(31,32)26-18/h6-7,10-11,27,29-30H,8-9H2,1-5H3,(H2,25,26,31,32). The zero-order valence-electron chi connectivity index (χ0n) is 20.2. The SMILES string of the molecule is CC(CCn1c(O)c(C2=NP(=O)(O)c3cc(NS(C)(=O)=O)ccc3N2)c(O)c1C(C)(C)C)C(F)(F)F. The van der Waals surface area contributed by atoms with Crippen molar-refractivity contribution in [3.8, 4) is 11.6 Å². The fourth-order valence-corrected chi connectivity index (χ4v) is 5.72. The van der Waals surface area contributed by atoms with Crippen LogP contribution in [0.2, 0.25) is 0 Å². The molecule has 5 N–H and O–H groups in total. The van der Waals surface area contributed by atoms with Gasteiger partial charge in [-0.1, -0.05) is 27.7 Å². The highest BCUT2D eigenvalue weighted by atomic mass is 32.2. The van der Waals surface area contributed by atoms with Gasteiger partial charge in [-0.15, -0.1) is 0 Å². The molecule has 0 amide bonds. The lowest BCUT2D eigenvalue weighted by molar-refractivity contribution is -0.171. The number of anilines is 2. The van der Waals surface area contributed by atoms with Crippen molar-refractivity contribution in [1.82, 2.24) is 4.57 Å². The van der Waals surface area contributed by atoms with Gasteiger partial charge in [-0.25, -0.2) is 8.42 Å². The summed E-state index contributed by atoms with van der Waals surface area (Å²) in [5, 5.41) is 24.5. The number of benzene rings is 1. The molecule has 0 bridgehead atoms. The average molecular weight is 553 g/mol. The van der Waals surface area contributed by atoms with Crippen LogP contribution in [0.1, 0.15) is 45.4 Å². The average Bonchev–Trinajstić information content (AvgIpc) is 2.93. The molecular formula is C21H28F3N4O6PS. The molecular weight excluding hydrogens is 524 g/mol. The zero-order valence-corrected chi connectivity index (χ0v) is 21.9. The Labute approximate surface area is 206 Å². The molecule has 0 saturated heterocycles. The summed E-state index contributed by atoms with van der Waals surface area (Å²) in [5.41, 5.74) is -0.946. The third-order valence-corrected chi connectivity index (χ3v) is 7.68. The first-order chi connectivity index (χ1) is 16.2. The Morgan fingerprint density at radius 3 is 2.36 bits per heavy atom. The van der Waals surface area contributed by atoms with Crippen LogP contribution in [0, 0.1) is 5.92 Å². The molecule has 2 aromatic rings. The predicted molar refractivity (Wildman–Crippen MR) is 131 cm³/mol. The number of sulfonamides is 1. The molecule has 2 heterocycles. The highest BCUT2D eigenvalue weighted by Gasteiger charge is 2.39. The Morgan fingerprint density at radius 2 is 1.83 bits per heavy atom. The molecule has 0 aliphatic carbocycles. The van der Waals surface area contributed by atoms with Crippen LogP contribution in [-0.4, -0.2) is 46.4 Å². The number of hydrogen-bond acceptors (Lipinski definition) is 6. The molecule has 2 atom stereocenters. The van der Waals surface area contributed by atoms with Gasteiger partial charge in [-0.3, -0.25) is 9.29 Å². The summed E-state index contributed by atoms with van der Waals surface area (Å²) in [7, 11) is -8.18. The van der Waals surface area contributed by atoms with E-state index in [9.17, 15) is 41.3 Å². The fraction of sp³-hybridized carbons (Fsp3) is 0.476. The number of halogens is 3. The molecule has 0 saturated carbocycles. The second-order valence-electron chi connectivity index (χ2n) is 9.75. The summed E-state index contributed by atoms with van der Waals surface area (Å²) in [5.74, 6) is -3.15. The van der Waals surface area contributed by atoms with E-state index in [0.29, 0.717) is 0 Å². The molecule has 200 valence electrons. The van der Waals surface area contributed by atoms with Gasteiger partial charge in [0.15, 0.2) is 11.6 Å². The summed E-state index contributed by atoms with van der Waals surface area (Å²) in [6, 6.07) is 3.79. The van der Waals surface area contributed by atoms with Gasteiger partial charge in [0, 0.05) is 17.6 Å². The Bertz CT molecular complexity index is 1380. The molecule has 0 radical (unpaired) electrons. The Kier molecular flexibility index (Phi) is 6.97. The second kappa shape index (κ2) is 9.00. The van der Waals surface area contributed by atoms with Crippen molar-refractivity contribution in [2.45, 2.75) is 52.3 Å². The predicted octanol–water partition coefficient (Wildman–Crippen LogP) is 3.84. The molecule has 3 rings (SSSR count). The van der Waals surface area contributed by atoms with Crippen LogP contribution < -0.4 is 15.3 Å². The number of amidine groups is 1. The highest BCUT2D eigenvalue weighted by Crippen LogP contribution is 2.50. The maximum atomic E-state index is 13.1. The summed E-state index contributed by atoms with van der Waals surface area (Å²) in [4.78, 5) is 10.6. The molecule has 1 aliphatic heterocycles. The van der Waals surface area contributed by atoms with Crippen molar-refractivity contribution in [2.24, 2.45) is 10.7 Å². The van der Waals surface area contributed by atoms with Crippen LogP contribution >= 0.6 is 7.52 Å². The summed E-state index contributed by atoms with van der Waals surface area (Å²) >= 11 is 0. The summed E-state index contributed by atoms with van der Waals surface area (Å²) in [6.45, 7) is 5.79. The molecule has 1 aliphatic rings. The smallest absolute Gasteiger partial charge is 0.391 e. The van der Waals surface area contributed by atoms with Gasteiger partial charge < -0.3 is 25.0 Å². The lowest BCUT2D eigenvalue weighted by atomic mass is 9.90. The van der Waals surface area contributed by atoms with E-state index in [1.807, 2.05) is 0 Å². The zero-order chi connectivity index (χ0) is 27.4. The first-order valence-corrected chi connectivity index (χ1v) is 14.3. The van der Waals surface area contributed by atoms with Crippen molar-refractivity contribution in [1.29, 1.82) is 0 Å². The van der Waals surface area contributed by atoms with Gasteiger partial charge >= 0.3 is 13.7 Å². The number of aromatic hydroxyl groups is 2. The number of hydrogen-bond donors (Lipinski definition) is 5. The van der Waals surface area contributed by atoms with Gasteiger partial charge in [0.2, 0.25) is 15.9 Å². The Balaban J connectivity index is 2.10. The minimum absolute atomic E-state index is 0.0247. The van der Waals surface area contributed by atoms with Gasteiger partial charge in [0.25, 0.3) is 0 Å². The largest absolute Gasteiger partial charge is 0.505 e. The lowest BCUT2D eigenvalue weighted by Gasteiger charge is -2.23. The molecule has 15 heteroatoms. The number of alkyl halides is 3. The highest BCUT2D eigenvalue weighted by molar-refractivity contribution is 7.92. The normalized spacial score (nSPS) is 19.3. The first-order valence-electron chi connectivity index (χ1n) is 10.8. The summed E-state index contributed by atoms with van der Waals surface area (Å²) in [6.07, 6.45) is -3.91. The van der Waals surface area contributed by atoms with E-state index in [-0.39, 0.29) is 46.7 Å². The molecule has 0 spiro atoms. The van der Waals surface area contributed by atoms with Crippen LogP contribution in [0.15, 0.2) is 23.0 Å². The quantitative estimate of drug-likeness (QED) is 0.341. The van der Waals surface area contributed by atoms with Crippen LogP contribution in [0.25, 0.3) is 0 Å². The van der Waals surface area contributed by atoms with Crippen molar-refractivity contribution in [3.63, 3.8) is 0 Å². The van der Waals surface area contributed by atoms with Gasteiger partial charge in [-0.05, 0) is 24.6 Å². The second-order valence-corrected chi connectivity index (χ2v) is 13.3. The Hall–Kier alpha value is -2.70. The Morgan fingerprint density at radius 1 is 1.22 bits per heavy atom. The minimum atomic E-state index is -4.52. The van der Waals surface area contributed by atoms with Crippen LogP contribution in [0.5, 0.6) is 11.6 Å². The number of aromatic nitrogens is 1. The third kappa shape index (κ3) is 5.65. The molecule has 1 aromatic heterocycles. The molecule has 1 aromatic carbocycles. The van der Waals surface area contributed by atoms with Crippen molar-refractivity contribution in [2.75, 3.05) is 16.3 Å². The van der Waals surface area contributed by atoms with Gasteiger partial charge in [0.1, 0.15) is 5.56 Å². The van der Waals surface area contributed by atoms with E-state index >= 15 is 0 Å². The lowest BCUT2D eigenvalue weighted by Crippen LogP contribution is -2.25. The monoisotopic (exact) mass is 552 g/mol. The van der Waals surface area contributed by atoms with Gasteiger partial charge in [0.05, 0.1) is 28.9 Å². The maximum Gasteiger partial charge on any atom is 0.391 e. The van der Waals surface area contributed by atoms with Crippen molar-refractivity contribution < 1.29 is 41.3 Å². The van der Waals surface area contributed by atoms with E-state index in [0.717, 1.165) is 23.8 Å². The molecule has 2 unspecified atom stereocenters. The van der Waals surface area contributed by atoms with E-state index < -0.39 is 46.7 Å². The molecule has 0 fully saturated rings. The maximum absolute atomic E-state index is 13.1. The van der Waals surface area contributed by atoms with Crippen LogP contribution in [0.3, 0.4) is 0 Å². The first kappa shape index (κ1) is 27.9. The van der Waals surface area contributed by atoms with Crippen molar-refractivity contribution in [3.05, 3.63) is 29.5 Å². The van der Waals surface area contributed by atoms with E-state index in [1.54, 1.807) is 20.8 Å². The number of nitrogens with zero attached hydrogens (tertiary/aromatic N) is 2. The molecule has 36 heavy (non-hydrogen) atoms. The number of fused-ring (bicyclic) bond motifs is 1. The minimum Gasteiger partial charge on any atom is -0.505 e. The molecule has 10 nitrogen and oxygen atoms in total. The number of rotatable bonds is 6. The van der Waals surface area contributed by atoms with E-state index in [1.165, 1.54) is 12.1 Å². The fourth-order valence-electron chi connectivity index (χ4n) is 3.89. The van der Waals surface area contributed by atoms with Crippen LogP contribution in [-0.2, 0) is 26.5 Å². The van der Waals surface area contributed by atoms with Crippen molar-refractivity contribution >= 4 is 40.1 Å². The topological polar surface area (TPSA) is 153 Å². The van der Waals surface area contributed by atoms with E-state index in [2.05, 4.69) is 14.8 Å². The third-order valence-electron chi connectivity index (χ3n) is 5.61. The van der Waals surface area contributed by atoms with Gasteiger partial charge in [-0.2, -0.15) is 17.9 Å².